The summed E-state index contributed by atoms with van der Waals surface area (Å²) in [5, 5.41) is 6.24. The quantitative estimate of drug-likeness (QED) is 0.812. The number of hydrogen-bond donors (Lipinski definition) is 2. The Morgan fingerprint density at radius 2 is 1.78 bits per heavy atom. The molecule has 2 atom stereocenters. The van der Waals surface area contributed by atoms with Crippen LogP contribution in [0.4, 0.5) is 0 Å². The smallest absolute Gasteiger partial charge is 0.236 e. The van der Waals surface area contributed by atoms with E-state index >= 15 is 0 Å². The minimum atomic E-state index is -0.183. The van der Waals surface area contributed by atoms with Crippen molar-refractivity contribution in [3.63, 3.8) is 0 Å². The van der Waals surface area contributed by atoms with E-state index in [4.69, 9.17) is 0 Å². The van der Waals surface area contributed by atoms with E-state index in [1.54, 1.807) is 0 Å². The molecule has 1 aromatic carbocycles. The number of rotatable bonds is 6. The van der Waals surface area contributed by atoms with Crippen LogP contribution in [0.15, 0.2) is 30.3 Å². The Kier molecular flexibility index (Phi) is 5.86. The molecule has 0 spiro atoms. The third-order valence-corrected chi connectivity index (χ3v) is 3.00. The summed E-state index contributed by atoms with van der Waals surface area (Å²) in [7, 11) is 0. The van der Waals surface area contributed by atoms with Gasteiger partial charge in [0.15, 0.2) is 0 Å². The Morgan fingerprint density at radius 1 is 1.17 bits per heavy atom. The number of amides is 1. The summed E-state index contributed by atoms with van der Waals surface area (Å²) in [4.78, 5) is 11.8. The predicted octanol–water partition coefficient (Wildman–Crippen LogP) is 2.50. The number of carbonyl (C=O) groups excluding carboxylic acids is 1. The van der Waals surface area contributed by atoms with Crippen molar-refractivity contribution in [2.75, 3.05) is 6.54 Å². The molecule has 0 saturated carbocycles. The fourth-order valence-electron chi connectivity index (χ4n) is 2.01. The number of carbonyl (C=O) groups is 1. The molecular weight excluding hydrogens is 224 g/mol. The highest BCUT2D eigenvalue weighted by Gasteiger charge is 2.20. The van der Waals surface area contributed by atoms with E-state index < -0.39 is 0 Å². The molecular formula is C15H24N2O. The largest absolute Gasteiger partial charge is 0.355 e. The van der Waals surface area contributed by atoms with Crippen LogP contribution < -0.4 is 10.6 Å². The van der Waals surface area contributed by atoms with E-state index in [1.165, 1.54) is 5.56 Å². The SMILES string of the molecule is CCNC(=O)C(C)NC(c1ccccc1)C(C)C. The van der Waals surface area contributed by atoms with Gasteiger partial charge in [-0.2, -0.15) is 0 Å². The van der Waals surface area contributed by atoms with Crippen molar-refractivity contribution >= 4 is 5.91 Å². The van der Waals surface area contributed by atoms with Crippen LogP contribution in [0, 0.1) is 5.92 Å². The van der Waals surface area contributed by atoms with Gasteiger partial charge in [0.2, 0.25) is 5.91 Å². The molecule has 0 aliphatic heterocycles. The van der Waals surface area contributed by atoms with Gasteiger partial charge in [0, 0.05) is 12.6 Å². The monoisotopic (exact) mass is 248 g/mol. The number of benzene rings is 1. The van der Waals surface area contributed by atoms with E-state index in [-0.39, 0.29) is 18.0 Å². The van der Waals surface area contributed by atoms with E-state index in [0.29, 0.717) is 12.5 Å². The lowest BCUT2D eigenvalue weighted by molar-refractivity contribution is -0.122. The molecule has 0 fully saturated rings. The van der Waals surface area contributed by atoms with Crippen molar-refractivity contribution in [2.45, 2.75) is 39.8 Å². The Labute approximate surface area is 110 Å². The topological polar surface area (TPSA) is 41.1 Å². The van der Waals surface area contributed by atoms with E-state index in [2.05, 4.69) is 36.6 Å². The molecule has 0 aliphatic carbocycles. The second-order valence-electron chi connectivity index (χ2n) is 4.92. The van der Waals surface area contributed by atoms with Gasteiger partial charge in [0.05, 0.1) is 6.04 Å². The molecule has 1 rings (SSSR count). The van der Waals surface area contributed by atoms with Crippen LogP contribution in [0.1, 0.15) is 39.3 Å². The van der Waals surface area contributed by atoms with E-state index in [0.717, 1.165) is 0 Å². The summed E-state index contributed by atoms with van der Waals surface area (Å²) >= 11 is 0. The van der Waals surface area contributed by atoms with E-state index in [1.807, 2.05) is 32.0 Å². The molecule has 0 aliphatic rings. The fraction of sp³-hybridized carbons (Fsp3) is 0.533. The summed E-state index contributed by atoms with van der Waals surface area (Å²) < 4.78 is 0. The van der Waals surface area contributed by atoms with Gasteiger partial charge in [-0.25, -0.2) is 0 Å². The highest BCUT2D eigenvalue weighted by atomic mass is 16.2. The summed E-state index contributed by atoms with van der Waals surface area (Å²) in [6, 6.07) is 10.3. The first-order valence-corrected chi connectivity index (χ1v) is 6.65. The zero-order valence-electron chi connectivity index (χ0n) is 11.7. The summed E-state index contributed by atoms with van der Waals surface area (Å²) in [6.07, 6.45) is 0. The van der Waals surface area contributed by atoms with Crippen molar-refractivity contribution in [2.24, 2.45) is 5.92 Å². The highest BCUT2D eigenvalue weighted by Crippen LogP contribution is 2.21. The van der Waals surface area contributed by atoms with Gasteiger partial charge in [-0.15, -0.1) is 0 Å². The summed E-state index contributed by atoms with van der Waals surface area (Å²) in [5.41, 5.74) is 1.23. The molecule has 2 unspecified atom stereocenters. The van der Waals surface area contributed by atoms with Crippen LogP contribution in [0.3, 0.4) is 0 Å². The normalized spacial score (nSPS) is 14.3. The first-order chi connectivity index (χ1) is 8.56. The minimum absolute atomic E-state index is 0.0547. The number of nitrogens with one attached hydrogen (secondary N) is 2. The minimum Gasteiger partial charge on any atom is -0.355 e. The van der Waals surface area contributed by atoms with Gasteiger partial charge < -0.3 is 5.32 Å². The van der Waals surface area contributed by atoms with Gasteiger partial charge in [0.25, 0.3) is 0 Å². The molecule has 1 amide bonds. The number of hydrogen-bond acceptors (Lipinski definition) is 2. The van der Waals surface area contributed by atoms with E-state index in [9.17, 15) is 4.79 Å². The zero-order valence-corrected chi connectivity index (χ0v) is 11.7. The van der Waals surface area contributed by atoms with Crippen molar-refractivity contribution in [1.29, 1.82) is 0 Å². The van der Waals surface area contributed by atoms with Crippen LogP contribution in [0.25, 0.3) is 0 Å². The molecule has 0 radical (unpaired) electrons. The first kappa shape index (κ1) is 14.7. The second-order valence-corrected chi connectivity index (χ2v) is 4.92. The van der Waals surface area contributed by atoms with Crippen LogP contribution in [-0.4, -0.2) is 18.5 Å². The lowest BCUT2D eigenvalue weighted by atomic mass is 9.95. The first-order valence-electron chi connectivity index (χ1n) is 6.65. The Balaban J connectivity index is 2.73. The molecule has 2 N–H and O–H groups in total. The van der Waals surface area contributed by atoms with Crippen LogP contribution in [0.2, 0.25) is 0 Å². The molecule has 100 valence electrons. The van der Waals surface area contributed by atoms with Crippen molar-refractivity contribution in [3.05, 3.63) is 35.9 Å². The summed E-state index contributed by atoms with van der Waals surface area (Å²) in [6.45, 7) is 8.83. The Bertz CT molecular complexity index is 362. The molecule has 18 heavy (non-hydrogen) atoms. The fourth-order valence-corrected chi connectivity index (χ4v) is 2.01. The standard InChI is InChI=1S/C15H24N2O/c1-5-16-15(18)12(4)17-14(11(2)3)13-9-7-6-8-10-13/h6-12,14,17H,5H2,1-4H3,(H,16,18). The molecule has 0 heterocycles. The molecule has 0 saturated heterocycles. The lowest BCUT2D eigenvalue weighted by Crippen LogP contribution is -2.44. The summed E-state index contributed by atoms with van der Waals surface area (Å²) in [5.74, 6) is 0.489. The maximum atomic E-state index is 11.8. The second kappa shape index (κ2) is 7.17. The average Bonchev–Trinajstić information content (AvgIpc) is 2.36. The molecule has 1 aromatic rings. The number of likely N-dealkylation sites (N-methyl/N-ethyl adjacent to an activating group) is 1. The zero-order chi connectivity index (χ0) is 13.5. The van der Waals surface area contributed by atoms with Crippen molar-refractivity contribution in [1.82, 2.24) is 10.6 Å². The molecule has 3 nitrogen and oxygen atoms in total. The van der Waals surface area contributed by atoms with Gasteiger partial charge in [-0.3, -0.25) is 10.1 Å². The lowest BCUT2D eigenvalue weighted by Gasteiger charge is -2.26. The Morgan fingerprint density at radius 3 is 2.28 bits per heavy atom. The predicted molar refractivity (Wildman–Crippen MR) is 75.3 cm³/mol. The maximum absolute atomic E-state index is 11.8. The Hall–Kier alpha value is -1.35. The third-order valence-electron chi connectivity index (χ3n) is 3.00. The van der Waals surface area contributed by atoms with Gasteiger partial charge in [-0.1, -0.05) is 44.2 Å². The third kappa shape index (κ3) is 4.15. The highest BCUT2D eigenvalue weighted by molar-refractivity contribution is 5.81. The van der Waals surface area contributed by atoms with Crippen LogP contribution in [-0.2, 0) is 4.79 Å². The molecule has 0 aromatic heterocycles. The van der Waals surface area contributed by atoms with Gasteiger partial charge in [0.1, 0.15) is 0 Å². The van der Waals surface area contributed by atoms with Crippen LogP contribution in [0.5, 0.6) is 0 Å². The maximum Gasteiger partial charge on any atom is 0.236 e. The van der Waals surface area contributed by atoms with Gasteiger partial charge in [-0.05, 0) is 25.3 Å². The van der Waals surface area contributed by atoms with Crippen LogP contribution >= 0.6 is 0 Å². The average molecular weight is 248 g/mol. The van der Waals surface area contributed by atoms with Crippen molar-refractivity contribution < 1.29 is 4.79 Å². The van der Waals surface area contributed by atoms with Crippen molar-refractivity contribution in [3.8, 4) is 0 Å². The molecule has 3 heteroatoms. The molecule has 0 bridgehead atoms. The van der Waals surface area contributed by atoms with Gasteiger partial charge >= 0.3 is 0 Å².